The first-order valence-corrected chi connectivity index (χ1v) is 7.25. The second-order valence-electron chi connectivity index (χ2n) is 5.82. The maximum atomic E-state index is 12.8. The molecule has 1 saturated carbocycles. The number of Topliss-reactive ketones (excluding diaryl/α,β-unsaturated/α-hetero) is 1. The SMILES string of the molecule is O=C1C(c2ccc(O)cc2)=COC2CC3OCOC3C(O)C12. The minimum Gasteiger partial charge on any atom is -0.508 e. The van der Waals surface area contributed by atoms with Gasteiger partial charge in [0.25, 0.3) is 0 Å². The predicted octanol–water partition coefficient (Wildman–Crippen LogP) is 0.823. The number of aliphatic hydroxyl groups is 1. The molecule has 0 aromatic heterocycles. The van der Waals surface area contributed by atoms with Crippen LogP contribution < -0.4 is 0 Å². The minimum atomic E-state index is -0.945. The van der Waals surface area contributed by atoms with E-state index in [1.165, 1.54) is 18.4 Å². The van der Waals surface area contributed by atoms with Gasteiger partial charge in [0.05, 0.1) is 30.0 Å². The number of carbonyl (C=O) groups excluding carboxylic acids is 1. The van der Waals surface area contributed by atoms with Gasteiger partial charge in [-0.25, -0.2) is 0 Å². The Kier molecular flexibility index (Phi) is 3.18. The first-order valence-electron chi connectivity index (χ1n) is 7.25. The van der Waals surface area contributed by atoms with E-state index in [4.69, 9.17) is 14.2 Å². The maximum Gasteiger partial charge on any atom is 0.176 e. The highest BCUT2D eigenvalue weighted by Gasteiger charge is 2.53. The van der Waals surface area contributed by atoms with Gasteiger partial charge in [0.2, 0.25) is 0 Å². The van der Waals surface area contributed by atoms with Crippen LogP contribution in [0, 0.1) is 5.92 Å². The molecule has 6 nitrogen and oxygen atoms in total. The third kappa shape index (κ3) is 2.03. The van der Waals surface area contributed by atoms with Crippen LogP contribution in [0.4, 0.5) is 0 Å². The van der Waals surface area contributed by atoms with Crippen molar-refractivity contribution in [1.29, 1.82) is 0 Å². The van der Waals surface area contributed by atoms with Crippen LogP contribution in [0.15, 0.2) is 30.5 Å². The molecule has 0 amide bonds. The van der Waals surface area contributed by atoms with E-state index >= 15 is 0 Å². The highest BCUT2D eigenvalue weighted by atomic mass is 16.7. The van der Waals surface area contributed by atoms with Gasteiger partial charge < -0.3 is 24.4 Å². The van der Waals surface area contributed by atoms with Crippen LogP contribution in [0.25, 0.3) is 5.57 Å². The van der Waals surface area contributed by atoms with Crippen LogP contribution in [0.5, 0.6) is 5.75 Å². The molecule has 6 heteroatoms. The number of rotatable bonds is 1. The van der Waals surface area contributed by atoms with Gasteiger partial charge in [-0.15, -0.1) is 0 Å². The minimum absolute atomic E-state index is 0.128. The number of hydrogen-bond donors (Lipinski definition) is 2. The molecule has 1 aromatic rings. The summed E-state index contributed by atoms with van der Waals surface area (Å²) >= 11 is 0. The monoisotopic (exact) mass is 304 g/mol. The highest BCUT2D eigenvalue weighted by Crippen LogP contribution is 2.40. The number of aromatic hydroxyl groups is 1. The fourth-order valence-electron chi connectivity index (χ4n) is 3.44. The lowest BCUT2D eigenvalue weighted by Crippen LogP contribution is -2.55. The van der Waals surface area contributed by atoms with Crippen LogP contribution in [0.3, 0.4) is 0 Å². The van der Waals surface area contributed by atoms with Gasteiger partial charge in [-0.1, -0.05) is 12.1 Å². The lowest BCUT2D eigenvalue weighted by atomic mass is 9.74. The number of hydrogen-bond acceptors (Lipinski definition) is 6. The third-order valence-electron chi connectivity index (χ3n) is 4.59. The van der Waals surface area contributed by atoms with E-state index < -0.39 is 24.2 Å². The Labute approximate surface area is 126 Å². The average Bonchev–Trinajstić information content (AvgIpc) is 2.97. The molecule has 2 heterocycles. The van der Waals surface area contributed by atoms with Crippen molar-refractivity contribution in [2.24, 2.45) is 5.92 Å². The van der Waals surface area contributed by atoms with E-state index in [-0.39, 0.29) is 24.4 Å². The van der Waals surface area contributed by atoms with Crippen molar-refractivity contribution in [2.75, 3.05) is 6.79 Å². The van der Waals surface area contributed by atoms with E-state index in [9.17, 15) is 15.0 Å². The van der Waals surface area contributed by atoms with E-state index in [1.54, 1.807) is 12.1 Å². The zero-order chi connectivity index (χ0) is 15.3. The molecule has 2 aliphatic heterocycles. The molecular weight excluding hydrogens is 288 g/mol. The van der Waals surface area contributed by atoms with Crippen molar-refractivity contribution < 1.29 is 29.2 Å². The Morgan fingerprint density at radius 1 is 1.09 bits per heavy atom. The van der Waals surface area contributed by atoms with Crippen LogP contribution in [-0.2, 0) is 19.0 Å². The fraction of sp³-hybridized carbons (Fsp3) is 0.438. The van der Waals surface area contributed by atoms with E-state index in [0.29, 0.717) is 17.6 Å². The van der Waals surface area contributed by atoms with Gasteiger partial charge in [0.1, 0.15) is 24.8 Å². The van der Waals surface area contributed by atoms with Crippen LogP contribution >= 0.6 is 0 Å². The Balaban J connectivity index is 1.65. The molecule has 2 fully saturated rings. The molecule has 0 radical (unpaired) electrons. The number of aliphatic hydroxyl groups excluding tert-OH is 1. The maximum absolute atomic E-state index is 12.8. The zero-order valence-corrected chi connectivity index (χ0v) is 11.7. The average molecular weight is 304 g/mol. The Hall–Kier alpha value is -1.89. The van der Waals surface area contributed by atoms with Gasteiger partial charge in [0.15, 0.2) is 5.78 Å². The Bertz CT molecular complexity index is 622. The van der Waals surface area contributed by atoms with Crippen molar-refractivity contribution in [2.45, 2.75) is 30.8 Å². The topological polar surface area (TPSA) is 85.2 Å². The molecule has 1 aliphatic carbocycles. The number of phenolic OH excluding ortho intramolecular Hbond substituents is 1. The number of allylic oxidation sites excluding steroid dienone is 1. The van der Waals surface area contributed by atoms with Gasteiger partial charge in [-0.05, 0) is 17.7 Å². The third-order valence-corrected chi connectivity index (χ3v) is 4.59. The molecule has 5 unspecified atom stereocenters. The van der Waals surface area contributed by atoms with Crippen molar-refractivity contribution in [1.82, 2.24) is 0 Å². The van der Waals surface area contributed by atoms with Crippen molar-refractivity contribution in [3.63, 3.8) is 0 Å². The van der Waals surface area contributed by atoms with Gasteiger partial charge >= 0.3 is 0 Å². The molecule has 3 aliphatic rings. The van der Waals surface area contributed by atoms with E-state index in [0.717, 1.165) is 0 Å². The first-order chi connectivity index (χ1) is 10.6. The standard InChI is InChI=1S/C16H16O6/c17-9-3-1-8(2-4-9)10-6-20-11-5-12-16(22-7-21-12)15(19)13(11)14(10)18/h1-4,6,11-13,15-17,19H,5,7H2. The van der Waals surface area contributed by atoms with E-state index in [2.05, 4.69) is 0 Å². The number of ketones is 1. The first kappa shape index (κ1) is 13.8. The molecule has 4 rings (SSSR count). The summed E-state index contributed by atoms with van der Waals surface area (Å²) < 4.78 is 16.5. The summed E-state index contributed by atoms with van der Waals surface area (Å²) in [5, 5.41) is 19.8. The second kappa shape index (κ2) is 5.08. The molecule has 5 atom stereocenters. The van der Waals surface area contributed by atoms with E-state index in [1.807, 2.05) is 0 Å². The molecule has 1 aromatic carbocycles. The smallest absolute Gasteiger partial charge is 0.176 e. The van der Waals surface area contributed by atoms with Crippen LogP contribution in [0.2, 0.25) is 0 Å². The van der Waals surface area contributed by atoms with Crippen molar-refractivity contribution in [3.8, 4) is 5.75 Å². The fourth-order valence-corrected chi connectivity index (χ4v) is 3.44. The summed E-state index contributed by atoms with van der Waals surface area (Å²) in [5.41, 5.74) is 1.05. The largest absolute Gasteiger partial charge is 0.508 e. The number of benzene rings is 1. The normalized spacial score (nSPS) is 37.0. The molecule has 0 spiro atoms. The van der Waals surface area contributed by atoms with Crippen molar-refractivity contribution >= 4 is 11.4 Å². The summed E-state index contributed by atoms with van der Waals surface area (Å²) in [7, 11) is 0. The summed E-state index contributed by atoms with van der Waals surface area (Å²) in [5.74, 6) is -0.691. The van der Waals surface area contributed by atoms with Gasteiger partial charge in [-0.2, -0.15) is 0 Å². The molecule has 2 N–H and O–H groups in total. The zero-order valence-electron chi connectivity index (χ0n) is 11.7. The van der Waals surface area contributed by atoms with Gasteiger partial charge in [-0.3, -0.25) is 4.79 Å². The number of ether oxygens (including phenoxy) is 3. The highest BCUT2D eigenvalue weighted by molar-refractivity contribution is 6.22. The molecule has 1 saturated heterocycles. The lowest BCUT2D eigenvalue weighted by Gasteiger charge is -2.41. The number of phenols is 1. The van der Waals surface area contributed by atoms with Crippen LogP contribution in [-0.4, -0.2) is 47.2 Å². The summed E-state index contributed by atoms with van der Waals surface area (Å²) in [4.78, 5) is 12.8. The van der Waals surface area contributed by atoms with Crippen LogP contribution in [0.1, 0.15) is 12.0 Å². The summed E-state index contributed by atoms with van der Waals surface area (Å²) in [6.45, 7) is 0.137. The number of fused-ring (bicyclic) bond motifs is 2. The molecule has 116 valence electrons. The Morgan fingerprint density at radius 3 is 2.64 bits per heavy atom. The van der Waals surface area contributed by atoms with Crippen molar-refractivity contribution in [3.05, 3.63) is 36.1 Å². The summed E-state index contributed by atoms with van der Waals surface area (Å²) in [6, 6.07) is 6.32. The lowest BCUT2D eigenvalue weighted by molar-refractivity contribution is -0.145. The molecule has 0 bridgehead atoms. The molecular formula is C16H16O6. The second-order valence-corrected chi connectivity index (χ2v) is 5.82. The van der Waals surface area contributed by atoms with Gasteiger partial charge in [0, 0.05) is 6.42 Å². The molecule has 22 heavy (non-hydrogen) atoms. The Morgan fingerprint density at radius 2 is 1.86 bits per heavy atom. The summed E-state index contributed by atoms with van der Waals surface area (Å²) in [6.07, 6.45) is -0.0810. The predicted molar refractivity (Wildman–Crippen MR) is 74.7 cm³/mol. The quantitative estimate of drug-likeness (QED) is 0.799. The number of carbonyl (C=O) groups is 1.